The molecular weight excluding hydrogens is 158 g/mol. The maximum absolute atomic E-state index is 3.94. The van der Waals surface area contributed by atoms with Crippen molar-refractivity contribution in [2.24, 2.45) is 0 Å². The van der Waals surface area contributed by atoms with Crippen LogP contribution in [0.4, 0.5) is 0 Å². The fraction of sp³-hybridized carbons (Fsp3) is 0. The summed E-state index contributed by atoms with van der Waals surface area (Å²) in [6.45, 7) is 0. The molecule has 0 aliphatic heterocycles. The van der Waals surface area contributed by atoms with Crippen molar-refractivity contribution in [2.75, 3.05) is 0 Å². The summed E-state index contributed by atoms with van der Waals surface area (Å²) in [6.07, 6.45) is 4.39. The molecule has 0 N–H and O–H groups in total. The molecule has 0 bridgehead atoms. The van der Waals surface area contributed by atoms with Gasteiger partial charge in [-0.2, -0.15) is 0 Å². The minimum absolute atomic E-state index is 0.853. The Balaban J connectivity index is 2.46. The molecule has 53 valence electrons. The molecule has 0 unspecified atom stereocenters. The summed E-state index contributed by atoms with van der Waals surface area (Å²) in [6, 6.07) is 3.60. The molecule has 2 aromatic rings. The largest absolute Gasteiger partial charge is 0.252 e. The van der Waals surface area contributed by atoms with E-state index in [1.54, 1.807) is 29.1 Å². The molecule has 2 heterocycles. The Hall–Kier alpha value is -1.29. The summed E-state index contributed by atoms with van der Waals surface area (Å²) in [5.74, 6) is 0. The fourth-order valence-corrected chi connectivity index (χ4v) is 1.33. The molecular formula is C7H4N3S. The van der Waals surface area contributed by atoms with Crippen molar-refractivity contribution in [2.45, 2.75) is 0 Å². The normalized spacial score (nSPS) is 9.82. The van der Waals surface area contributed by atoms with Gasteiger partial charge in [0.15, 0.2) is 0 Å². The van der Waals surface area contributed by atoms with Gasteiger partial charge in [-0.05, 0) is 12.1 Å². The van der Waals surface area contributed by atoms with Gasteiger partial charge >= 0.3 is 0 Å². The third-order valence-corrected chi connectivity index (χ3v) is 2.01. The minimum atomic E-state index is 0.853. The van der Waals surface area contributed by atoms with E-state index in [1.807, 2.05) is 6.07 Å². The van der Waals surface area contributed by atoms with Crippen LogP contribution in [0.5, 0.6) is 0 Å². The molecule has 0 aliphatic rings. The average molecular weight is 162 g/mol. The van der Waals surface area contributed by atoms with E-state index in [1.165, 1.54) is 0 Å². The van der Waals surface area contributed by atoms with Gasteiger partial charge in [0.05, 0.1) is 10.4 Å². The molecule has 0 spiro atoms. The Labute approximate surface area is 67.8 Å². The monoisotopic (exact) mass is 162 g/mol. The van der Waals surface area contributed by atoms with Crippen LogP contribution in [0.3, 0.4) is 0 Å². The maximum Gasteiger partial charge on any atom is 0.113 e. The van der Waals surface area contributed by atoms with Crippen molar-refractivity contribution in [1.29, 1.82) is 0 Å². The van der Waals surface area contributed by atoms with Gasteiger partial charge in [0.1, 0.15) is 11.9 Å². The summed E-state index contributed by atoms with van der Waals surface area (Å²) in [7, 11) is 0. The predicted octanol–water partition coefficient (Wildman–Crippen LogP) is 1.40. The van der Waals surface area contributed by atoms with E-state index in [0.717, 1.165) is 10.6 Å². The first-order valence-corrected chi connectivity index (χ1v) is 3.93. The molecule has 2 aromatic heterocycles. The number of aromatic nitrogens is 3. The van der Waals surface area contributed by atoms with E-state index in [2.05, 4.69) is 21.4 Å². The average Bonchev–Trinajstić information content (AvgIpc) is 2.58. The maximum atomic E-state index is 3.94. The second-order valence-electron chi connectivity index (χ2n) is 1.91. The van der Waals surface area contributed by atoms with Crippen molar-refractivity contribution in [1.82, 2.24) is 15.2 Å². The minimum Gasteiger partial charge on any atom is -0.252 e. The molecule has 2 rings (SSSR count). The van der Waals surface area contributed by atoms with Gasteiger partial charge in [-0.3, -0.25) is 4.98 Å². The van der Waals surface area contributed by atoms with Crippen molar-refractivity contribution >= 4 is 11.3 Å². The third kappa shape index (κ3) is 1.25. The SMILES string of the molecule is [c]1ccc(-c2cncs2)nn1. The smallest absolute Gasteiger partial charge is 0.113 e. The highest BCUT2D eigenvalue weighted by Gasteiger charge is 1.98. The van der Waals surface area contributed by atoms with Crippen molar-refractivity contribution < 1.29 is 0 Å². The molecule has 0 fully saturated rings. The predicted molar refractivity (Wildman–Crippen MR) is 42.0 cm³/mol. The van der Waals surface area contributed by atoms with Crippen molar-refractivity contribution in [3.05, 3.63) is 30.0 Å². The van der Waals surface area contributed by atoms with Crippen LogP contribution in [-0.2, 0) is 0 Å². The van der Waals surface area contributed by atoms with E-state index in [9.17, 15) is 0 Å². The van der Waals surface area contributed by atoms with Gasteiger partial charge in [0, 0.05) is 6.20 Å². The molecule has 0 aliphatic carbocycles. The first kappa shape index (κ1) is 6.42. The first-order chi connectivity index (χ1) is 5.47. The number of hydrogen-bond acceptors (Lipinski definition) is 4. The second-order valence-corrected chi connectivity index (χ2v) is 2.80. The molecule has 0 atom stereocenters. The van der Waals surface area contributed by atoms with Crippen LogP contribution < -0.4 is 0 Å². The highest BCUT2D eigenvalue weighted by Crippen LogP contribution is 2.18. The fourth-order valence-electron chi connectivity index (χ4n) is 0.739. The lowest BCUT2D eigenvalue weighted by Crippen LogP contribution is -1.81. The van der Waals surface area contributed by atoms with E-state index < -0.39 is 0 Å². The van der Waals surface area contributed by atoms with E-state index in [-0.39, 0.29) is 0 Å². The topological polar surface area (TPSA) is 38.7 Å². The Morgan fingerprint density at radius 2 is 2.45 bits per heavy atom. The van der Waals surface area contributed by atoms with Crippen molar-refractivity contribution in [3.63, 3.8) is 0 Å². The molecule has 1 radical (unpaired) electrons. The number of hydrogen-bond donors (Lipinski definition) is 0. The van der Waals surface area contributed by atoms with Gasteiger partial charge < -0.3 is 0 Å². The highest BCUT2D eigenvalue weighted by molar-refractivity contribution is 7.13. The van der Waals surface area contributed by atoms with E-state index >= 15 is 0 Å². The first-order valence-electron chi connectivity index (χ1n) is 3.05. The number of thiazole rings is 1. The van der Waals surface area contributed by atoms with Gasteiger partial charge in [0.2, 0.25) is 0 Å². The number of nitrogens with zero attached hydrogens (tertiary/aromatic N) is 3. The quantitative estimate of drug-likeness (QED) is 0.636. The zero-order valence-corrected chi connectivity index (χ0v) is 6.38. The van der Waals surface area contributed by atoms with Crippen LogP contribution in [0.1, 0.15) is 0 Å². The molecule has 0 saturated heterocycles. The lowest BCUT2D eigenvalue weighted by atomic mass is 10.3. The third-order valence-electron chi connectivity index (χ3n) is 1.22. The van der Waals surface area contributed by atoms with E-state index in [0.29, 0.717) is 0 Å². The summed E-state index contributed by atoms with van der Waals surface area (Å²) in [4.78, 5) is 4.97. The van der Waals surface area contributed by atoms with Gasteiger partial charge in [-0.25, -0.2) is 0 Å². The van der Waals surface area contributed by atoms with Gasteiger partial charge in [-0.1, -0.05) is 0 Å². The Bertz CT molecular complexity index is 317. The molecule has 0 aromatic carbocycles. The van der Waals surface area contributed by atoms with Crippen LogP contribution in [0.2, 0.25) is 0 Å². The zero-order chi connectivity index (χ0) is 7.52. The lowest BCUT2D eigenvalue weighted by molar-refractivity contribution is 1.03. The Morgan fingerprint density at radius 1 is 1.45 bits per heavy atom. The summed E-state index contributed by atoms with van der Waals surface area (Å²) < 4.78 is 0. The van der Waals surface area contributed by atoms with Crippen molar-refractivity contribution in [3.8, 4) is 10.6 Å². The van der Waals surface area contributed by atoms with Gasteiger partial charge in [-0.15, -0.1) is 21.5 Å². The standard InChI is InChI=1S/C7H4N3S/c1-2-6(10-9-3-1)7-4-8-5-11-7/h1-2,4-5H. The summed E-state index contributed by atoms with van der Waals surface area (Å²) in [5, 5.41) is 7.53. The second kappa shape index (κ2) is 2.75. The molecule has 3 nitrogen and oxygen atoms in total. The molecule has 11 heavy (non-hydrogen) atoms. The summed E-state index contributed by atoms with van der Waals surface area (Å²) >= 11 is 1.55. The molecule has 4 heteroatoms. The van der Waals surface area contributed by atoms with Crippen LogP contribution in [0.15, 0.2) is 23.8 Å². The van der Waals surface area contributed by atoms with Crippen LogP contribution in [-0.4, -0.2) is 15.2 Å². The summed E-state index contributed by atoms with van der Waals surface area (Å²) in [5.41, 5.74) is 2.62. The Kier molecular flexibility index (Phi) is 1.61. The van der Waals surface area contributed by atoms with Crippen LogP contribution in [0.25, 0.3) is 10.6 Å². The van der Waals surface area contributed by atoms with E-state index in [4.69, 9.17) is 0 Å². The lowest BCUT2D eigenvalue weighted by Gasteiger charge is -1.89. The van der Waals surface area contributed by atoms with Gasteiger partial charge in [0.25, 0.3) is 0 Å². The zero-order valence-electron chi connectivity index (χ0n) is 5.56. The Morgan fingerprint density at radius 3 is 3.09 bits per heavy atom. The van der Waals surface area contributed by atoms with Crippen LogP contribution in [0, 0.1) is 6.20 Å². The highest BCUT2D eigenvalue weighted by atomic mass is 32.1. The molecule has 0 saturated carbocycles. The van der Waals surface area contributed by atoms with Crippen LogP contribution >= 0.6 is 11.3 Å². The molecule has 0 amide bonds. The number of rotatable bonds is 1.